The van der Waals surface area contributed by atoms with Gasteiger partial charge in [0.25, 0.3) is 11.8 Å². The quantitative estimate of drug-likeness (QED) is 0.172. The Kier molecular flexibility index (Phi) is 4.87. The third-order valence-electron chi connectivity index (χ3n) is 6.81. The fraction of sp³-hybridized carbons (Fsp3) is 0.185. The van der Waals surface area contributed by atoms with Crippen molar-refractivity contribution in [3.05, 3.63) is 80.0 Å². The Morgan fingerprint density at radius 1 is 0.943 bits per heavy atom. The summed E-state index contributed by atoms with van der Waals surface area (Å²) in [6, 6.07) is 16.7. The highest BCUT2D eigenvalue weighted by Gasteiger charge is 2.44. The van der Waals surface area contributed by atoms with Crippen LogP contribution >= 0.6 is 32.9 Å². The van der Waals surface area contributed by atoms with Crippen LogP contribution in [0.25, 0.3) is 21.9 Å². The van der Waals surface area contributed by atoms with E-state index in [4.69, 9.17) is 12.2 Å². The highest BCUT2D eigenvalue weighted by molar-refractivity contribution is 7.80. The zero-order chi connectivity index (χ0) is 24.6. The van der Waals surface area contributed by atoms with Gasteiger partial charge in [-0.05, 0) is 50.4 Å². The molecular weight excluding hydrogens is 497 g/mol. The molecule has 3 heterocycles. The Morgan fingerprint density at radius 2 is 1.60 bits per heavy atom. The van der Waals surface area contributed by atoms with Crippen LogP contribution in [0.2, 0.25) is 0 Å². The fourth-order valence-electron chi connectivity index (χ4n) is 5.22. The molecular formula is C27H20N2O3S3. The number of aryl methyl sites for hydroxylation is 1. The van der Waals surface area contributed by atoms with Gasteiger partial charge >= 0.3 is 0 Å². The number of rotatable bonds is 2. The monoisotopic (exact) mass is 516 g/mol. The number of hydrogen-bond acceptors (Lipinski definition) is 6. The molecule has 6 rings (SSSR count). The van der Waals surface area contributed by atoms with Gasteiger partial charge < -0.3 is 0 Å². The van der Waals surface area contributed by atoms with Crippen LogP contribution in [0.4, 0.5) is 5.69 Å². The highest BCUT2D eigenvalue weighted by atomic mass is 32.9. The van der Waals surface area contributed by atoms with Gasteiger partial charge in [0.2, 0.25) is 5.91 Å². The summed E-state index contributed by atoms with van der Waals surface area (Å²) in [6.07, 6.45) is 0. The lowest BCUT2D eigenvalue weighted by atomic mass is 9.86. The summed E-state index contributed by atoms with van der Waals surface area (Å²) in [5.41, 5.74) is 3.94. The zero-order valence-electron chi connectivity index (χ0n) is 19.2. The number of nitrogens with zero attached hydrogens (tertiary/aromatic N) is 2. The van der Waals surface area contributed by atoms with Crippen molar-refractivity contribution in [1.29, 1.82) is 0 Å². The van der Waals surface area contributed by atoms with Crippen molar-refractivity contribution in [3.8, 4) is 11.1 Å². The Bertz CT molecular complexity index is 1610. The lowest BCUT2D eigenvalue weighted by Gasteiger charge is -2.43. The van der Waals surface area contributed by atoms with Crippen molar-refractivity contribution in [1.82, 2.24) is 4.90 Å². The third kappa shape index (κ3) is 3.10. The van der Waals surface area contributed by atoms with Gasteiger partial charge in [-0.3, -0.25) is 24.2 Å². The Morgan fingerprint density at radius 3 is 2.26 bits per heavy atom. The van der Waals surface area contributed by atoms with E-state index in [1.807, 2.05) is 51.1 Å². The summed E-state index contributed by atoms with van der Waals surface area (Å²) in [5, 5.41) is 1.48. The van der Waals surface area contributed by atoms with Gasteiger partial charge in [0.15, 0.2) is 0 Å². The normalized spacial score (nSPS) is 15.9. The van der Waals surface area contributed by atoms with Crippen molar-refractivity contribution in [2.45, 2.75) is 26.3 Å². The molecule has 0 spiro atoms. The Balaban J connectivity index is 1.44. The van der Waals surface area contributed by atoms with Crippen molar-refractivity contribution < 1.29 is 14.4 Å². The predicted molar refractivity (Wildman–Crippen MR) is 143 cm³/mol. The first kappa shape index (κ1) is 22.3. The van der Waals surface area contributed by atoms with Crippen LogP contribution in [0.15, 0.2) is 54.6 Å². The third-order valence-corrected chi connectivity index (χ3v) is 10.1. The number of anilines is 1. The van der Waals surface area contributed by atoms with E-state index in [0.29, 0.717) is 16.5 Å². The molecule has 0 unspecified atom stereocenters. The molecule has 35 heavy (non-hydrogen) atoms. The number of benzene rings is 3. The molecule has 4 aromatic rings. The summed E-state index contributed by atoms with van der Waals surface area (Å²) in [5.74, 6) is -1.21. The van der Waals surface area contributed by atoms with E-state index in [9.17, 15) is 14.4 Å². The molecule has 1 aromatic heterocycles. The molecule has 3 aromatic carbocycles. The molecule has 0 aliphatic carbocycles. The molecule has 0 atom stereocenters. The Labute approximate surface area is 214 Å². The molecule has 3 amide bonds. The van der Waals surface area contributed by atoms with Crippen molar-refractivity contribution in [2.24, 2.45) is 0 Å². The molecule has 5 nitrogen and oxygen atoms in total. The molecule has 2 aliphatic heterocycles. The molecule has 8 heteroatoms. The van der Waals surface area contributed by atoms with Crippen LogP contribution in [-0.4, -0.2) is 29.2 Å². The van der Waals surface area contributed by atoms with Crippen molar-refractivity contribution in [2.75, 3.05) is 11.4 Å². The van der Waals surface area contributed by atoms with E-state index < -0.39 is 17.4 Å². The molecule has 0 N–H and O–H groups in total. The van der Waals surface area contributed by atoms with Crippen LogP contribution in [0.3, 0.4) is 0 Å². The van der Waals surface area contributed by atoms with E-state index in [0.717, 1.165) is 41.4 Å². The van der Waals surface area contributed by atoms with Gasteiger partial charge in [-0.2, -0.15) is 0 Å². The SMILES string of the molecule is Cc1ccc2c(c1)-c1c(ssc1=S)C(C)(C)N2C(=O)CN1C(=O)c2cccc3cccc(c23)C1=O. The lowest BCUT2D eigenvalue weighted by molar-refractivity contribution is -0.120. The van der Waals surface area contributed by atoms with Gasteiger partial charge in [0, 0.05) is 27.6 Å². The number of carbonyl (C=O) groups is 3. The van der Waals surface area contributed by atoms with Gasteiger partial charge in [-0.1, -0.05) is 68.8 Å². The van der Waals surface area contributed by atoms with E-state index in [-0.39, 0.29) is 12.5 Å². The van der Waals surface area contributed by atoms with E-state index >= 15 is 0 Å². The molecule has 0 fully saturated rings. The average molecular weight is 517 g/mol. The van der Waals surface area contributed by atoms with Gasteiger partial charge in [0.05, 0.1) is 16.1 Å². The van der Waals surface area contributed by atoms with Crippen LogP contribution in [-0.2, 0) is 10.3 Å². The second kappa shape index (κ2) is 7.65. The van der Waals surface area contributed by atoms with Gasteiger partial charge in [-0.15, -0.1) is 0 Å². The molecule has 174 valence electrons. The average Bonchev–Trinajstić information content (AvgIpc) is 3.23. The van der Waals surface area contributed by atoms with E-state index in [1.165, 1.54) is 10.3 Å². The summed E-state index contributed by atoms with van der Waals surface area (Å²) >= 11 is 5.66. The lowest BCUT2D eigenvalue weighted by Crippen LogP contribution is -2.53. The van der Waals surface area contributed by atoms with Crippen LogP contribution < -0.4 is 4.90 Å². The highest BCUT2D eigenvalue weighted by Crippen LogP contribution is 2.52. The minimum Gasteiger partial charge on any atom is -0.300 e. The first-order valence-corrected chi connectivity index (χ1v) is 13.7. The molecule has 0 saturated carbocycles. The molecule has 0 radical (unpaired) electrons. The summed E-state index contributed by atoms with van der Waals surface area (Å²) in [7, 11) is 3.11. The second-order valence-electron chi connectivity index (χ2n) is 9.37. The number of amides is 3. The van der Waals surface area contributed by atoms with Crippen molar-refractivity contribution >= 4 is 67.1 Å². The first-order chi connectivity index (χ1) is 16.7. The van der Waals surface area contributed by atoms with E-state index in [1.54, 1.807) is 39.5 Å². The molecule has 0 saturated heterocycles. The van der Waals surface area contributed by atoms with Crippen LogP contribution in [0.1, 0.15) is 45.0 Å². The topological polar surface area (TPSA) is 57.7 Å². The van der Waals surface area contributed by atoms with Crippen molar-refractivity contribution in [3.63, 3.8) is 0 Å². The van der Waals surface area contributed by atoms with Crippen LogP contribution in [0.5, 0.6) is 0 Å². The first-order valence-electron chi connectivity index (χ1n) is 11.2. The molecule has 0 bridgehead atoms. The summed E-state index contributed by atoms with van der Waals surface area (Å²) in [4.78, 5) is 44.6. The largest absolute Gasteiger partial charge is 0.300 e. The molecule has 2 aliphatic rings. The van der Waals surface area contributed by atoms with Gasteiger partial charge in [0.1, 0.15) is 10.4 Å². The number of hydrogen-bond donors (Lipinski definition) is 0. The minimum absolute atomic E-state index is 0.316. The Hall–Kier alpha value is -3.20. The second-order valence-corrected chi connectivity index (χ2v) is 12.2. The number of fused-ring (bicyclic) bond motifs is 3. The predicted octanol–water partition coefficient (Wildman–Crippen LogP) is 6.55. The standard InChI is InChI=1S/C27H20N2O3S3/c1-14-10-11-19-18(12-14)22-23(34-35-26(22)33)27(2,3)29(19)20(30)13-28-24(31)16-8-4-6-15-7-5-9-17(21(15)16)25(28)32/h4-12H,13H2,1-3H3. The maximum absolute atomic E-state index is 14.0. The maximum Gasteiger partial charge on any atom is 0.261 e. The van der Waals surface area contributed by atoms with E-state index in [2.05, 4.69) is 0 Å². The van der Waals surface area contributed by atoms with Crippen LogP contribution in [0, 0.1) is 10.7 Å². The van der Waals surface area contributed by atoms with Gasteiger partial charge in [-0.25, -0.2) is 0 Å². The summed E-state index contributed by atoms with van der Waals surface area (Å²) < 4.78 is 0.808. The fourth-order valence-corrected chi connectivity index (χ4v) is 8.50. The maximum atomic E-state index is 14.0. The number of imide groups is 1. The smallest absolute Gasteiger partial charge is 0.261 e. The number of carbonyl (C=O) groups excluding carboxylic acids is 3. The summed E-state index contributed by atoms with van der Waals surface area (Å²) in [6.45, 7) is 5.64. The minimum atomic E-state index is -0.688. The zero-order valence-corrected chi connectivity index (χ0v) is 21.7.